The van der Waals surface area contributed by atoms with Crippen LogP contribution in [0.5, 0.6) is 0 Å². The number of amides is 1. The zero-order valence-electron chi connectivity index (χ0n) is 14.7. The van der Waals surface area contributed by atoms with Gasteiger partial charge >= 0.3 is 5.97 Å². The summed E-state index contributed by atoms with van der Waals surface area (Å²) in [5.74, 6) is -0.816. The van der Waals surface area contributed by atoms with Crippen molar-refractivity contribution in [3.63, 3.8) is 0 Å². The largest absolute Gasteiger partial charge is 0.452 e. The van der Waals surface area contributed by atoms with Gasteiger partial charge in [-0.3, -0.25) is 4.79 Å². The van der Waals surface area contributed by atoms with Crippen LogP contribution >= 0.6 is 11.8 Å². The van der Waals surface area contributed by atoms with Gasteiger partial charge in [-0.2, -0.15) is 0 Å². The lowest BCUT2D eigenvalue weighted by Crippen LogP contribution is -2.31. The first-order valence-corrected chi connectivity index (χ1v) is 9.45. The van der Waals surface area contributed by atoms with Crippen molar-refractivity contribution in [3.8, 4) is 0 Å². The summed E-state index contributed by atoms with van der Waals surface area (Å²) in [5, 5.41) is 2.84. The number of carbonyl (C=O) groups is 2. The first kappa shape index (κ1) is 19.1. The van der Waals surface area contributed by atoms with Gasteiger partial charge in [-0.25, -0.2) is 4.79 Å². The van der Waals surface area contributed by atoms with Gasteiger partial charge in [0.15, 0.2) is 6.61 Å². The topological polar surface area (TPSA) is 55.4 Å². The van der Waals surface area contributed by atoms with Crippen molar-refractivity contribution in [3.05, 3.63) is 65.2 Å². The Bertz CT molecular complexity index is 711. The maximum atomic E-state index is 12.0. The second-order valence-corrected chi connectivity index (χ2v) is 6.57. The minimum absolute atomic E-state index is 0.141. The molecule has 0 spiro atoms. The van der Waals surface area contributed by atoms with E-state index in [0.29, 0.717) is 5.56 Å². The molecule has 0 bridgehead atoms. The Hall–Kier alpha value is -2.27. The minimum atomic E-state index is -0.497. The second-order valence-electron chi connectivity index (χ2n) is 5.69. The summed E-state index contributed by atoms with van der Waals surface area (Å²) >= 11 is 1.60. The van der Waals surface area contributed by atoms with Gasteiger partial charge in [0.2, 0.25) is 0 Å². The lowest BCUT2D eigenvalue weighted by molar-refractivity contribution is -0.124. The zero-order chi connectivity index (χ0) is 18.2. The molecular formula is C20H23NO3S. The van der Waals surface area contributed by atoms with E-state index in [2.05, 4.69) is 24.4 Å². The molecule has 132 valence electrons. The van der Waals surface area contributed by atoms with Crippen LogP contribution in [-0.4, -0.2) is 24.7 Å². The number of carbonyl (C=O) groups excluding carboxylic acids is 2. The van der Waals surface area contributed by atoms with Crippen molar-refractivity contribution in [1.29, 1.82) is 0 Å². The summed E-state index contributed by atoms with van der Waals surface area (Å²) in [7, 11) is 0. The highest BCUT2D eigenvalue weighted by Crippen LogP contribution is 2.16. The van der Waals surface area contributed by atoms with Gasteiger partial charge in [0, 0.05) is 4.90 Å². The first-order valence-electron chi connectivity index (χ1n) is 8.23. The number of ether oxygens (including phenoxy) is 1. The first-order chi connectivity index (χ1) is 12.0. The summed E-state index contributed by atoms with van der Waals surface area (Å²) in [4.78, 5) is 25.0. The molecular weight excluding hydrogens is 334 g/mol. The lowest BCUT2D eigenvalue weighted by atomic mass is 10.1. The second kappa shape index (κ2) is 9.28. The standard InChI is InChI=1S/C20H23NO3S/c1-4-15-5-7-16(8-6-15)14(2)21-19(22)13-24-20(23)17-9-11-18(25-3)12-10-17/h5-12,14H,4,13H2,1-3H3,(H,21,22)/t14-/m1/s1. The number of hydrogen-bond acceptors (Lipinski definition) is 4. The van der Waals surface area contributed by atoms with E-state index < -0.39 is 5.97 Å². The third-order valence-electron chi connectivity index (χ3n) is 3.93. The van der Waals surface area contributed by atoms with Crippen molar-refractivity contribution >= 4 is 23.6 Å². The molecule has 0 radical (unpaired) electrons. The maximum absolute atomic E-state index is 12.0. The van der Waals surface area contributed by atoms with Crippen LogP contribution in [0.4, 0.5) is 0 Å². The fourth-order valence-corrected chi connectivity index (χ4v) is 2.76. The van der Waals surface area contributed by atoms with Gasteiger partial charge < -0.3 is 10.1 Å². The van der Waals surface area contributed by atoms with Crippen LogP contribution < -0.4 is 5.32 Å². The molecule has 0 aliphatic rings. The minimum Gasteiger partial charge on any atom is -0.452 e. The summed E-state index contributed by atoms with van der Waals surface area (Å²) in [5.41, 5.74) is 2.71. The van der Waals surface area contributed by atoms with E-state index >= 15 is 0 Å². The number of nitrogens with one attached hydrogen (secondary N) is 1. The molecule has 0 heterocycles. The van der Waals surface area contributed by atoms with Crippen LogP contribution in [0.3, 0.4) is 0 Å². The van der Waals surface area contributed by atoms with Crippen molar-refractivity contribution < 1.29 is 14.3 Å². The number of benzene rings is 2. The average Bonchev–Trinajstić information content (AvgIpc) is 2.66. The van der Waals surface area contributed by atoms with Crippen molar-refractivity contribution in [2.45, 2.75) is 31.2 Å². The quantitative estimate of drug-likeness (QED) is 0.601. The Morgan fingerprint density at radius 3 is 2.28 bits per heavy atom. The number of esters is 1. The Kier molecular flexibility index (Phi) is 7.07. The molecule has 0 saturated heterocycles. The number of thioether (sulfide) groups is 1. The molecule has 0 unspecified atom stereocenters. The molecule has 25 heavy (non-hydrogen) atoms. The van der Waals surface area contributed by atoms with Crippen molar-refractivity contribution in [2.75, 3.05) is 12.9 Å². The Labute approximate surface area is 153 Å². The van der Waals surface area contributed by atoms with Crippen LogP contribution in [0.1, 0.15) is 41.4 Å². The van der Waals surface area contributed by atoms with Gasteiger partial charge in [0.25, 0.3) is 5.91 Å². The summed E-state index contributed by atoms with van der Waals surface area (Å²) < 4.78 is 5.08. The van der Waals surface area contributed by atoms with Gasteiger partial charge in [-0.1, -0.05) is 31.2 Å². The molecule has 0 fully saturated rings. The van der Waals surface area contributed by atoms with Crippen LogP contribution in [0, 0.1) is 0 Å². The Morgan fingerprint density at radius 1 is 1.08 bits per heavy atom. The maximum Gasteiger partial charge on any atom is 0.338 e. The van der Waals surface area contributed by atoms with Crippen molar-refractivity contribution in [2.24, 2.45) is 0 Å². The van der Waals surface area contributed by atoms with Gasteiger partial charge in [-0.15, -0.1) is 11.8 Å². The molecule has 2 rings (SSSR count). The lowest BCUT2D eigenvalue weighted by Gasteiger charge is -2.15. The average molecular weight is 357 g/mol. The highest BCUT2D eigenvalue weighted by atomic mass is 32.2. The Morgan fingerprint density at radius 2 is 1.72 bits per heavy atom. The van der Waals surface area contributed by atoms with E-state index in [1.807, 2.05) is 37.4 Å². The predicted octanol–water partition coefficient (Wildman–Crippen LogP) is 4.01. The van der Waals surface area contributed by atoms with Gasteiger partial charge in [0.1, 0.15) is 0 Å². The Balaban J connectivity index is 1.83. The molecule has 1 N–H and O–H groups in total. The highest BCUT2D eigenvalue weighted by molar-refractivity contribution is 7.98. The van der Waals surface area contributed by atoms with E-state index in [1.54, 1.807) is 23.9 Å². The van der Waals surface area contributed by atoms with Crippen LogP contribution in [-0.2, 0) is 16.0 Å². The fourth-order valence-electron chi connectivity index (χ4n) is 2.35. The predicted molar refractivity (Wildman–Crippen MR) is 101 cm³/mol. The summed E-state index contributed by atoms with van der Waals surface area (Å²) in [6, 6.07) is 15.1. The van der Waals surface area contributed by atoms with Gasteiger partial charge in [-0.05, 0) is 55.0 Å². The molecule has 1 atom stereocenters. The fraction of sp³-hybridized carbons (Fsp3) is 0.300. The van der Waals surface area contributed by atoms with Crippen molar-refractivity contribution in [1.82, 2.24) is 5.32 Å². The summed E-state index contributed by atoms with van der Waals surface area (Å²) in [6.07, 6.45) is 2.95. The number of rotatable bonds is 7. The SMILES string of the molecule is CCc1ccc([C@@H](C)NC(=O)COC(=O)c2ccc(SC)cc2)cc1. The van der Waals surface area contributed by atoms with E-state index in [-0.39, 0.29) is 18.6 Å². The van der Waals surface area contributed by atoms with E-state index in [1.165, 1.54) is 5.56 Å². The molecule has 0 aromatic heterocycles. The highest BCUT2D eigenvalue weighted by Gasteiger charge is 2.13. The van der Waals surface area contributed by atoms with E-state index in [4.69, 9.17) is 4.74 Å². The smallest absolute Gasteiger partial charge is 0.338 e. The van der Waals surface area contributed by atoms with Crippen LogP contribution in [0.15, 0.2) is 53.4 Å². The molecule has 0 aliphatic heterocycles. The monoisotopic (exact) mass is 357 g/mol. The molecule has 2 aromatic rings. The van der Waals surface area contributed by atoms with Gasteiger partial charge in [0.05, 0.1) is 11.6 Å². The number of aryl methyl sites for hydroxylation is 1. The molecule has 5 heteroatoms. The van der Waals surface area contributed by atoms with Crippen LogP contribution in [0.2, 0.25) is 0 Å². The number of hydrogen-bond donors (Lipinski definition) is 1. The molecule has 1 amide bonds. The molecule has 0 saturated carbocycles. The molecule has 4 nitrogen and oxygen atoms in total. The molecule has 2 aromatic carbocycles. The normalized spacial score (nSPS) is 11.6. The summed E-state index contributed by atoms with van der Waals surface area (Å²) in [6.45, 7) is 3.71. The van der Waals surface area contributed by atoms with Crippen LogP contribution in [0.25, 0.3) is 0 Å². The van der Waals surface area contributed by atoms with E-state index in [0.717, 1.165) is 16.9 Å². The third kappa shape index (κ3) is 5.64. The zero-order valence-corrected chi connectivity index (χ0v) is 15.6. The van der Waals surface area contributed by atoms with E-state index in [9.17, 15) is 9.59 Å². The third-order valence-corrected chi connectivity index (χ3v) is 4.67. The molecule has 0 aliphatic carbocycles.